The molecule has 1 aromatic rings. The summed E-state index contributed by atoms with van der Waals surface area (Å²) in [4.78, 5) is 8.64. The summed E-state index contributed by atoms with van der Waals surface area (Å²) in [7, 11) is 3.61. The highest BCUT2D eigenvalue weighted by Gasteiger charge is 2.24. The molecule has 2 rings (SSSR count). The van der Waals surface area contributed by atoms with Crippen LogP contribution in [0.15, 0.2) is 10.7 Å². The van der Waals surface area contributed by atoms with Crippen LogP contribution in [0.3, 0.4) is 0 Å². The largest absolute Gasteiger partial charge is 0.381 e. The molecule has 2 N–H and O–H groups in total. The molecular formula is C11H17BrN4O. The summed E-state index contributed by atoms with van der Waals surface area (Å²) in [6.45, 7) is 0. The van der Waals surface area contributed by atoms with Crippen molar-refractivity contribution in [3.8, 4) is 0 Å². The number of anilines is 2. The van der Waals surface area contributed by atoms with Crippen LogP contribution >= 0.6 is 15.9 Å². The minimum absolute atomic E-state index is 0.367. The lowest BCUT2D eigenvalue weighted by Gasteiger charge is -2.13. The lowest BCUT2D eigenvalue weighted by molar-refractivity contribution is 0.108. The summed E-state index contributed by atoms with van der Waals surface area (Å²) in [5, 5.41) is 6.36. The number of aromatic nitrogens is 2. The van der Waals surface area contributed by atoms with E-state index >= 15 is 0 Å². The van der Waals surface area contributed by atoms with Crippen LogP contribution in [0.5, 0.6) is 0 Å². The van der Waals surface area contributed by atoms with Crippen molar-refractivity contribution < 1.29 is 4.74 Å². The summed E-state index contributed by atoms with van der Waals surface area (Å²) in [5.41, 5.74) is 0. The van der Waals surface area contributed by atoms with Crippen molar-refractivity contribution in [2.45, 2.75) is 31.4 Å². The van der Waals surface area contributed by atoms with E-state index < -0.39 is 0 Å². The molecule has 1 saturated carbocycles. The molecule has 1 aliphatic rings. The van der Waals surface area contributed by atoms with Crippen LogP contribution in [0.4, 0.5) is 11.8 Å². The van der Waals surface area contributed by atoms with Gasteiger partial charge in [0.25, 0.3) is 0 Å². The van der Waals surface area contributed by atoms with E-state index in [1.165, 1.54) is 0 Å². The van der Waals surface area contributed by atoms with Crippen LogP contribution in [-0.4, -0.2) is 36.3 Å². The summed E-state index contributed by atoms with van der Waals surface area (Å²) in [5.74, 6) is 1.46. The summed E-state index contributed by atoms with van der Waals surface area (Å²) in [6.07, 6.45) is 5.34. The Morgan fingerprint density at radius 2 is 2.29 bits per heavy atom. The molecule has 17 heavy (non-hydrogen) atoms. The van der Waals surface area contributed by atoms with Gasteiger partial charge in [-0.25, -0.2) is 4.98 Å². The fourth-order valence-electron chi connectivity index (χ4n) is 2.08. The molecule has 2 unspecified atom stereocenters. The van der Waals surface area contributed by atoms with Crippen molar-refractivity contribution in [3.63, 3.8) is 0 Å². The molecule has 1 aromatic heterocycles. The van der Waals surface area contributed by atoms with Crippen molar-refractivity contribution in [3.05, 3.63) is 10.7 Å². The summed E-state index contributed by atoms with van der Waals surface area (Å²) < 4.78 is 6.21. The van der Waals surface area contributed by atoms with Crippen molar-refractivity contribution in [1.82, 2.24) is 9.97 Å². The molecule has 94 valence electrons. The van der Waals surface area contributed by atoms with E-state index in [2.05, 4.69) is 36.5 Å². The van der Waals surface area contributed by atoms with Gasteiger partial charge in [-0.2, -0.15) is 4.98 Å². The van der Waals surface area contributed by atoms with E-state index in [0.29, 0.717) is 18.1 Å². The summed E-state index contributed by atoms with van der Waals surface area (Å²) in [6, 6.07) is 0.408. The first-order valence-corrected chi connectivity index (χ1v) is 6.52. The predicted molar refractivity (Wildman–Crippen MR) is 71.3 cm³/mol. The molecule has 2 atom stereocenters. The Morgan fingerprint density at radius 3 is 2.94 bits per heavy atom. The molecule has 6 heteroatoms. The van der Waals surface area contributed by atoms with E-state index in [1.807, 2.05) is 7.05 Å². The third kappa shape index (κ3) is 3.07. The van der Waals surface area contributed by atoms with Crippen LogP contribution in [0, 0.1) is 0 Å². The van der Waals surface area contributed by atoms with Crippen LogP contribution in [0.1, 0.15) is 19.3 Å². The molecule has 0 radical (unpaired) electrons. The van der Waals surface area contributed by atoms with Gasteiger partial charge in [-0.3, -0.25) is 0 Å². The van der Waals surface area contributed by atoms with E-state index in [1.54, 1.807) is 13.3 Å². The van der Waals surface area contributed by atoms with E-state index in [-0.39, 0.29) is 0 Å². The van der Waals surface area contributed by atoms with Crippen molar-refractivity contribution in [2.75, 3.05) is 24.8 Å². The highest BCUT2D eigenvalue weighted by Crippen LogP contribution is 2.25. The molecule has 1 aliphatic carbocycles. The first kappa shape index (κ1) is 12.6. The van der Waals surface area contributed by atoms with Gasteiger partial charge in [-0.15, -0.1) is 0 Å². The second-order valence-corrected chi connectivity index (χ2v) is 5.01. The Labute approximate surface area is 110 Å². The quantitative estimate of drug-likeness (QED) is 0.893. The van der Waals surface area contributed by atoms with Crippen LogP contribution in [-0.2, 0) is 4.74 Å². The molecule has 0 spiro atoms. The van der Waals surface area contributed by atoms with Gasteiger partial charge in [-0.05, 0) is 35.2 Å². The van der Waals surface area contributed by atoms with E-state index in [4.69, 9.17) is 4.74 Å². The highest BCUT2D eigenvalue weighted by atomic mass is 79.9. The van der Waals surface area contributed by atoms with Crippen LogP contribution in [0.25, 0.3) is 0 Å². The van der Waals surface area contributed by atoms with E-state index in [0.717, 1.165) is 29.6 Å². The Balaban J connectivity index is 1.99. The number of hydrogen-bond acceptors (Lipinski definition) is 5. The second kappa shape index (κ2) is 5.64. The Hall–Kier alpha value is -0.880. The number of nitrogens with one attached hydrogen (secondary N) is 2. The number of nitrogens with zero attached hydrogens (tertiary/aromatic N) is 2. The van der Waals surface area contributed by atoms with Gasteiger partial charge in [0.2, 0.25) is 5.95 Å². The lowest BCUT2D eigenvalue weighted by Crippen LogP contribution is -2.19. The Bertz CT molecular complexity index is 388. The number of rotatable bonds is 4. The maximum absolute atomic E-state index is 5.34. The highest BCUT2D eigenvalue weighted by molar-refractivity contribution is 9.10. The minimum atomic E-state index is 0.367. The van der Waals surface area contributed by atoms with Crippen molar-refractivity contribution >= 4 is 27.7 Å². The molecular weight excluding hydrogens is 284 g/mol. The fraction of sp³-hybridized carbons (Fsp3) is 0.636. The van der Waals surface area contributed by atoms with Gasteiger partial charge in [0.05, 0.1) is 10.6 Å². The van der Waals surface area contributed by atoms with Gasteiger partial charge in [-0.1, -0.05) is 0 Å². The van der Waals surface area contributed by atoms with Gasteiger partial charge in [0.15, 0.2) is 0 Å². The minimum Gasteiger partial charge on any atom is -0.381 e. The second-order valence-electron chi connectivity index (χ2n) is 4.15. The molecule has 0 aromatic carbocycles. The first-order valence-electron chi connectivity index (χ1n) is 5.72. The zero-order valence-electron chi connectivity index (χ0n) is 10.0. The van der Waals surface area contributed by atoms with Gasteiger partial charge >= 0.3 is 0 Å². The van der Waals surface area contributed by atoms with Gasteiger partial charge in [0.1, 0.15) is 5.82 Å². The standard InChI is InChI=1S/C11H17BrN4O/c1-13-10-9(12)6-14-11(16-10)15-7-3-4-8(5-7)17-2/h6-8H,3-5H2,1-2H3,(H2,13,14,15,16). The average molecular weight is 301 g/mol. The monoisotopic (exact) mass is 300 g/mol. The Morgan fingerprint density at radius 1 is 1.47 bits per heavy atom. The maximum Gasteiger partial charge on any atom is 0.224 e. The molecule has 0 saturated heterocycles. The molecule has 5 nitrogen and oxygen atoms in total. The number of methoxy groups -OCH3 is 1. The van der Waals surface area contributed by atoms with Gasteiger partial charge < -0.3 is 15.4 Å². The van der Waals surface area contributed by atoms with Crippen LogP contribution < -0.4 is 10.6 Å². The molecule has 0 aliphatic heterocycles. The molecule has 0 amide bonds. The fourth-order valence-corrected chi connectivity index (χ4v) is 2.47. The zero-order chi connectivity index (χ0) is 12.3. The lowest BCUT2D eigenvalue weighted by atomic mass is 10.2. The topological polar surface area (TPSA) is 59.1 Å². The predicted octanol–water partition coefficient (Wildman–Crippen LogP) is 2.26. The maximum atomic E-state index is 5.34. The third-order valence-corrected chi connectivity index (χ3v) is 3.61. The number of halogens is 1. The summed E-state index contributed by atoms with van der Waals surface area (Å²) >= 11 is 3.39. The van der Waals surface area contributed by atoms with E-state index in [9.17, 15) is 0 Å². The third-order valence-electron chi connectivity index (χ3n) is 3.03. The van der Waals surface area contributed by atoms with Gasteiger partial charge in [0, 0.05) is 26.4 Å². The van der Waals surface area contributed by atoms with Crippen molar-refractivity contribution in [1.29, 1.82) is 0 Å². The zero-order valence-corrected chi connectivity index (χ0v) is 11.6. The molecule has 0 bridgehead atoms. The average Bonchev–Trinajstić information content (AvgIpc) is 2.79. The molecule has 1 heterocycles. The van der Waals surface area contributed by atoms with Crippen LogP contribution in [0.2, 0.25) is 0 Å². The number of ether oxygens (including phenoxy) is 1. The number of hydrogen-bond donors (Lipinski definition) is 2. The Kier molecular flexibility index (Phi) is 4.17. The SMILES string of the molecule is CNc1nc(NC2CCC(OC)C2)ncc1Br. The first-order chi connectivity index (χ1) is 8.22. The van der Waals surface area contributed by atoms with Crippen molar-refractivity contribution in [2.24, 2.45) is 0 Å². The smallest absolute Gasteiger partial charge is 0.224 e. The normalized spacial score (nSPS) is 23.7. The molecule has 1 fully saturated rings.